The van der Waals surface area contributed by atoms with E-state index in [2.05, 4.69) is 20.9 Å². The average Bonchev–Trinajstić information content (AvgIpc) is 2.72. The minimum atomic E-state index is -4.51. The zero-order valence-corrected chi connectivity index (χ0v) is 16.8. The van der Waals surface area contributed by atoms with Crippen LogP contribution in [0.15, 0.2) is 30.5 Å². The molecule has 8 heteroatoms. The lowest BCUT2D eigenvalue weighted by Gasteiger charge is -2.44. The Morgan fingerprint density at radius 3 is 2.66 bits per heavy atom. The Hall–Kier alpha value is -1.70. The molecule has 1 aromatic heterocycles. The van der Waals surface area contributed by atoms with Crippen molar-refractivity contribution >= 4 is 11.6 Å². The molecule has 0 radical (unpaired) electrons. The molecule has 1 aliphatic heterocycles. The highest BCUT2D eigenvalue weighted by atomic mass is 35.5. The second kappa shape index (κ2) is 7.85. The van der Waals surface area contributed by atoms with Crippen molar-refractivity contribution in [2.24, 2.45) is 5.73 Å². The van der Waals surface area contributed by atoms with Crippen LogP contribution in [-0.2, 0) is 24.6 Å². The highest BCUT2D eigenvalue weighted by molar-refractivity contribution is 6.30. The van der Waals surface area contributed by atoms with E-state index in [9.17, 15) is 13.2 Å². The zero-order valence-electron chi connectivity index (χ0n) is 16.1. The molecular weight excluding hydrogens is 401 g/mol. The monoisotopic (exact) mass is 424 g/mol. The predicted molar refractivity (Wildman–Crippen MR) is 106 cm³/mol. The van der Waals surface area contributed by atoms with Crippen LogP contribution in [0.25, 0.3) is 0 Å². The van der Waals surface area contributed by atoms with Crippen molar-refractivity contribution in [2.75, 3.05) is 13.1 Å². The van der Waals surface area contributed by atoms with Gasteiger partial charge in [0.05, 0.1) is 5.69 Å². The van der Waals surface area contributed by atoms with Gasteiger partial charge < -0.3 is 5.73 Å². The summed E-state index contributed by atoms with van der Waals surface area (Å²) in [7, 11) is 0. The van der Waals surface area contributed by atoms with Crippen LogP contribution < -0.4 is 5.73 Å². The van der Waals surface area contributed by atoms with Crippen molar-refractivity contribution in [1.82, 2.24) is 14.9 Å². The Kier molecular flexibility index (Phi) is 5.57. The quantitative estimate of drug-likeness (QED) is 0.796. The third-order valence-corrected chi connectivity index (χ3v) is 6.72. The summed E-state index contributed by atoms with van der Waals surface area (Å²) in [6.07, 6.45) is 1.29. The van der Waals surface area contributed by atoms with Gasteiger partial charge in [-0.3, -0.25) is 4.90 Å². The standard InChI is InChI=1S/C21H24ClF3N4/c22-16-3-1-2-15(10-16)20(13-26)7-4-17(5-8-20)29-9-6-14-11-27-19(21(23,24)25)28-18(14)12-29/h1-3,10-11,17H,4-9,12-13,26H2/t17-,20-. The number of halogens is 4. The molecule has 0 bridgehead atoms. The molecule has 1 saturated carbocycles. The Morgan fingerprint density at radius 1 is 1.24 bits per heavy atom. The number of benzene rings is 1. The molecule has 1 aliphatic carbocycles. The molecule has 4 rings (SSSR count). The molecule has 0 spiro atoms. The van der Waals surface area contributed by atoms with Crippen LogP contribution in [0.3, 0.4) is 0 Å². The molecule has 156 valence electrons. The summed E-state index contributed by atoms with van der Waals surface area (Å²) in [6, 6.07) is 8.24. The van der Waals surface area contributed by atoms with Crippen LogP contribution in [0.5, 0.6) is 0 Å². The van der Waals surface area contributed by atoms with E-state index in [1.54, 1.807) is 0 Å². The summed E-state index contributed by atoms with van der Waals surface area (Å²) in [5, 5.41) is 0.713. The fourth-order valence-corrected chi connectivity index (χ4v) is 4.91. The average molecular weight is 425 g/mol. The van der Waals surface area contributed by atoms with Crippen LogP contribution in [0, 0.1) is 0 Å². The lowest BCUT2D eigenvalue weighted by atomic mass is 9.68. The van der Waals surface area contributed by atoms with Crippen molar-refractivity contribution in [1.29, 1.82) is 0 Å². The molecule has 0 saturated heterocycles. The minimum Gasteiger partial charge on any atom is -0.330 e. The summed E-state index contributed by atoms with van der Waals surface area (Å²) >= 11 is 6.18. The second-order valence-corrected chi connectivity index (χ2v) is 8.55. The normalized spacial score (nSPS) is 25.6. The second-order valence-electron chi connectivity index (χ2n) is 8.11. The van der Waals surface area contributed by atoms with Gasteiger partial charge in [-0.1, -0.05) is 23.7 Å². The van der Waals surface area contributed by atoms with Gasteiger partial charge in [0.15, 0.2) is 0 Å². The number of hydrogen-bond donors (Lipinski definition) is 1. The van der Waals surface area contributed by atoms with Gasteiger partial charge in [0.25, 0.3) is 0 Å². The van der Waals surface area contributed by atoms with Crippen molar-refractivity contribution in [3.63, 3.8) is 0 Å². The topological polar surface area (TPSA) is 55.0 Å². The molecule has 2 heterocycles. The van der Waals surface area contributed by atoms with Gasteiger partial charge in [0.2, 0.25) is 5.82 Å². The first-order valence-corrected chi connectivity index (χ1v) is 10.3. The third kappa shape index (κ3) is 4.13. The Balaban J connectivity index is 1.47. The van der Waals surface area contributed by atoms with Crippen LogP contribution in [0.4, 0.5) is 13.2 Å². The highest BCUT2D eigenvalue weighted by Crippen LogP contribution is 2.41. The third-order valence-electron chi connectivity index (χ3n) is 6.49. The number of nitrogens with zero attached hydrogens (tertiary/aromatic N) is 3. The van der Waals surface area contributed by atoms with E-state index in [-0.39, 0.29) is 5.41 Å². The van der Waals surface area contributed by atoms with Gasteiger partial charge in [-0.15, -0.1) is 0 Å². The zero-order chi connectivity index (χ0) is 20.6. The Morgan fingerprint density at radius 2 is 2.00 bits per heavy atom. The fourth-order valence-electron chi connectivity index (χ4n) is 4.72. The van der Waals surface area contributed by atoms with E-state index in [1.807, 2.05) is 18.2 Å². The maximum Gasteiger partial charge on any atom is 0.451 e. The van der Waals surface area contributed by atoms with Crippen LogP contribution in [0.1, 0.15) is 48.3 Å². The maximum absolute atomic E-state index is 13.0. The van der Waals surface area contributed by atoms with E-state index in [1.165, 1.54) is 11.8 Å². The molecule has 0 unspecified atom stereocenters. The van der Waals surface area contributed by atoms with Gasteiger partial charge in [0.1, 0.15) is 0 Å². The molecule has 0 atom stereocenters. The fraction of sp³-hybridized carbons (Fsp3) is 0.524. The van der Waals surface area contributed by atoms with Crippen LogP contribution in [-0.4, -0.2) is 34.0 Å². The minimum absolute atomic E-state index is 0.0826. The van der Waals surface area contributed by atoms with Crippen LogP contribution in [0.2, 0.25) is 5.02 Å². The summed E-state index contributed by atoms with van der Waals surface area (Å²) < 4.78 is 38.9. The van der Waals surface area contributed by atoms with Crippen molar-refractivity contribution in [2.45, 2.75) is 56.3 Å². The van der Waals surface area contributed by atoms with E-state index in [0.717, 1.165) is 37.8 Å². The van der Waals surface area contributed by atoms with E-state index >= 15 is 0 Å². The van der Waals surface area contributed by atoms with Crippen LogP contribution >= 0.6 is 11.6 Å². The van der Waals surface area contributed by atoms with Gasteiger partial charge in [-0.25, -0.2) is 9.97 Å². The lowest BCUT2D eigenvalue weighted by molar-refractivity contribution is -0.145. The predicted octanol–water partition coefficient (Wildman–Crippen LogP) is 4.35. The number of nitrogens with two attached hydrogens (primary N) is 1. The SMILES string of the molecule is NC[C@]1(c2cccc(Cl)c2)CC[C@H](N2CCc3cnc(C(F)(F)F)nc3C2)CC1. The summed E-state index contributed by atoms with van der Waals surface area (Å²) in [6.45, 7) is 1.82. The smallest absolute Gasteiger partial charge is 0.330 e. The molecule has 2 aliphatic rings. The molecule has 29 heavy (non-hydrogen) atoms. The molecule has 2 aromatic rings. The van der Waals surface area contributed by atoms with Crippen molar-refractivity contribution < 1.29 is 13.2 Å². The molecule has 0 amide bonds. The van der Waals surface area contributed by atoms with Crippen molar-refractivity contribution in [3.05, 3.63) is 58.1 Å². The first kappa shape index (κ1) is 20.6. The Labute approximate surface area is 173 Å². The largest absolute Gasteiger partial charge is 0.451 e. The summed E-state index contributed by atoms with van der Waals surface area (Å²) in [4.78, 5) is 9.58. The van der Waals surface area contributed by atoms with E-state index in [0.29, 0.717) is 36.3 Å². The van der Waals surface area contributed by atoms with Crippen molar-refractivity contribution in [3.8, 4) is 0 Å². The summed E-state index contributed by atoms with van der Waals surface area (Å²) in [5.41, 5.74) is 8.60. The highest BCUT2D eigenvalue weighted by Gasteiger charge is 2.39. The van der Waals surface area contributed by atoms with Gasteiger partial charge in [0, 0.05) is 42.3 Å². The van der Waals surface area contributed by atoms with Gasteiger partial charge in [-0.2, -0.15) is 13.2 Å². The maximum atomic E-state index is 13.0. The number of alkyl halides is 3. The molecule has 4 nitrogen and oxygen atoms in total. The first-order chi connectivity index (χ1) is 13.8. The molecule has 2 N–H and O–H groups in total. The van der Waals surface area contributed by atoms with Gasteiger partial charge >= 0.3 is 6.18 Å². The van der Waals surface area contributed by atoms with E-state index in [4.69, 9.17) is 17.3 Å². The number of rotatable bonds is 3. The first-order valence-electron chi connectivity index (χ1n) is 9.93. The molecule has 1 fully saturated rings. The lowest BCUT2D eigenvalue weighted by Crippen LogP contribution is -2.47. The molecule has 1 aromatic carbocycles. The Bertz CT molecular complexity index is 878. The van der Waals surface area contributed by atoms with Gasteiger partial charge in [-0.05, 0) is 55.4 Å². The summed E-state index contributed by atoms with van der Waals surface area (Å²) in [5.74, 6) is -1.05. The number of hydrogen-bond acceptors (Lipinski definition) is 4. The number of aromatic nitrogens is 2. The number of fused-ring (bicyclic) bond motifs is 1. The molecular formula is C21H24ClF3N4. The van der Waals surface area contributed by atoms with E-state index < -0.39 is 12.0 Å².